The molecule has 1 aliphatic rings. The van der Waals surface area contributed by atoms with Crippen molar-refractivity contribution in [2.45, 2.75) is 18.2 Å². The van der Waals surface area contributed by atoms with E-state index in [1.165, 1.54) is 36.9 Å². The van der Waals surface area contributed by atoms with E-state index in [9.17, 15) is 27.9 Å². The van der Waals surface area contributed by atoms with Crippen LogP contribution in [0.2, 0.25) is 0 Å². The van der Waals surface area contributed by atoms with E-state index in [-0.39, 0.29) is 37.8 Å². The van der Waals surface area contributed by atoms with Crippen LogP contribution in [0.15, 0.2) is 65.6 Å². The fraction of sp³-hybridized carbons (Fsp3) is 0.136. The second-order valence-corrected chi connectivity index (χ2v) is 9.26. The summed E-state index contributed by atoms with van der Waals surface area (Å²) in [5, 5.41) is 17.3. The Hall–Kier alpha value is -3.68. The molecule has 2 amide bonds. The SMILES string of the molecule is O=C(Nc1sc(-c2cncnc2)nc1C(=O)NCc1ccccc1C(F)(F)F)C1=CC(Cl)=C(O)C(Cl)N1. The van der Waals surface area contributed by atoms with Gasteiger partial charge in [0.05, 0.1) is 10.6 Å². The van der Waals surface area contributed by atoms with Crippen LogP contribution in [-0.4, -0.2) is 37.4 Å². The first-order valence-corrected chi connectivity index (χ1v) is 11.9. The zero-order valence-electron chi connectivity index (χ0n) is 18.3. The van der Waals surface area contributed by atoms with Gasteiger partial charge in [-0.1, -0.05) is 52.7 Å². The van der Waals surface area contributed by atoms with Crippen molar-refractivity contribution in [3.8, 4) is 10.6 Å². The highest BCUT2D eigenvalue weighted by Crippen LogP contribution is 2.34. The molecule has 0 saturated carbocycles. The Bertz CT molecular complexity index is 1410. The molecule has 0 fully saturated rings. The van der Waals surface area contributed by atoms with E-state index in [1.54, 1.807) is 0 Å². The lowest BCUT2D eigenvalue weighted by Crippen LogP contribution is -2.35. The third-order valence-corrected chi connectivity index (χ3v) is 6.56. The molecule has 2 aromatic heterocycles. The van der Waals surface area contributed by atoms with Crippen LogP contribution >= 0.6 is 34.5 Å². The number of benzene rings is 1. The molecule has 1 aromatic carbocycles. The van der Waals surface area contributed by atoms with Gasteiger partial charge in [-0.25, -0.2) is 15.0 Å². The number of rotatable bonds is 6. The number of carbonyl (C=O) groups excluding carboxylic acids is 2. The minimum absolute atomic E-state index is 0.00539. The summed E-state index contributed by atoms with van der Waals surface area (Å²) in [6.07, 6.45) is 0.714. The van der Waals surface area contributed by atoms with Crippen LogP contribution in [0.25, 0.3) is 10.6 Å². The number of dihydropyridines is 1. The number of aliphatic hydroxyl groups excluding tert-OH is 1. The van der Waals surface area contributed by atoms with Crippen molar-refractivity contribution in [2.24, 2.45) is 0 Å². The zero-order valence-corrected chi connectivity index (χ0v) is 20.6. The van der Waals surface area contributed by atoms with E-state index in [1.807, 2.05) is 0 Å². The van der Waals surface area contributed by atoms with Crippen LogP contribution in [0.1, 0.15) is 21.6 Å². The number of halogens is 5. The van der Waals surface area contributed by atoms with Gasteiger partial charge in [0, 0.05) is 24.5 Å². The summed E-state index contributed by atoms with van der Waals surface area (Å²) in [6, 6.07) is 4.83. The molecule has 15 heteroatoms. The minimum Gasteiger partial charge on any atom is -0.507 e. The van der Waals surface area contributed by atoms with E-state index in [0.717, 1.165) is 23.5 Å². The van der Waals surface area contributed by atoms with Gasteiger partial charge < -0.3 is 21.1 Å². The number of allylic oxidation sites excluding steroid dienone is 2. The number of carbonyl (C=O) groups is 2. The van der Waals surface area contributed by atoms with Gasteiger partial charge in [0.25, 0.3) is 11.8 Å². The van der Waals surface area contributed by atoms with E-state index >= 15 is 0 Å². The second-order valence-electron chi connectivity index (χ2n) is 7.41. The predicted molar refractivity (Wildman–Crippen MR) is 131 cm³/mol. The Kier molecular flexibility index (Phi) is 7.66. The lowest BCUT2D eigenvalue weighted by atomic mass is 10.1. The second kappa shape index (κ2) is 10.7. The smallest absolute Gasteiger partial charge is 0.416 e. The standard InChI is InChI=1S/C22H15Cl2F3N6O3S/c23-13-5-14(31-17(24)16(13)34)18(35)33-21-15(32-20(37-21)11-6-28-9-29-7-11)19(36)30-8-10-3-1-2-4-12(10)22(25,26)27/h1-7,9,17,31,34H,8H2,(H,30,36)(H,33,35). The molecule has 1 atom stereocenters. The Labute approximate surface area is 221 Å². The number of hydrogen-bond acceptors (Lipinski definition) is 8. The zero-order chi connectivity index (χ0) is 26.7. The fourth-order valence-corrected chi connectivity index (χ4v) is 4.61. The van der Waals surface area contributed by atoms with Crippen LogP contribution in [0.3, 0.4) is 0 Å². The molecule has 0 saturated heterocycles. The highest BCUT2D eigenvalue weighted by Gasteiger charge is 2.33. The van der Waals surface area contributed by atoms with Crippen LogP contribution in [0.4, 0.5) is 18.2 Å². The number of hydrogen-bond donors (Lipinski definition) is 4. The number of amides is 2. The van der Waals surface area contributed by atoms with Gasteiger partial charge in [-0.15, -0.1) is 0 Å². The first kappa shape index (κ1) is 26.4. The summed E-state index contributed by atoms with van der Waals surface area (Å²) in [6.45, 7) is -0.441. The molecule has 0 aliphatic carbocycles. The van der Waals surface area contributed by atoms with E-state index in [0.29, 0.717) is 5.56 Å². The first-order valence-electron chi connectivity index (χ1n) is 10.3. The maximum absolute atomic E-state index is 13.3. The molecule has 4 rings (SSSR count). The molecule has 9 nitrogen and oxygen atoms in total. The van der Waals surface area contributed by atoms with Crippen molar-refractivity contribution in [2.75, 3.05) is 5.32 Å². The molecule has 192 valence electrons. The Morgan fingerprint density at radius 3 is 2.54 bits per heavy atom. The van der Waals surface area contributed by atoms with Gasteiger partial charge in [0.1, 0.15) is 27.8 Å². The van der Waals surface area contributed by atoms with Gasteiger partial charge in [0.15, 0.2) is 11.2 Å². The molecule has 0 radical (unpaired) electrons. The molecule has 4 N–H and O–H groups in total. The maximum atomic E-state index is 13.3. The summed E-state index contributed by atoms with van der Waals surface area (Å²) in [5.74, 6) is -1.96. The van der Waals surface area contributed by atoms with Crippen molar-refractivity contribution < 1.29 is 27.9 Å². The van der Waals surface area contributed by atoms with Crippen LogP contribution < -0.4 is 16.0 Å². The lowest BCUT2D eigenvalue weighted by molar-refractivity contribution is -0.138. The Morgan fingerprint density at radius 2 is 1.86 bits per heavy atom. The minimum atomic E-state index is -4.60. The monoisotopic (exact) mass is 570 g/mol. The third kappa shape index (κ3) is 6.01. The van der Waals surface area contributed by atoms with Crippen LogP contribution in [0.5, 0.6) is 0 Å². The van der Waals surface area contributed by atoms with Crippen molar-refractivity contribution in [1.29, 1.82) is 0 Å². The lowest BCUT2D eigenvalue weighted by Gasteiger charge is -2.20. The summed E-state index contributed by atoms with van der Waals surface area (Å²) in [4.78, 5) is 37.9. The molecule has 0 bridgehead atoms. The molecular formula is C22H15Cl2F3N6O3S. The summed E-state index contributed by atoms with van der Waals surface area (Å²) >= 11 is 12.7. The molecule has 0 spiro atoms. The third-order valence-electron chi connectivity index (χ3n) is 4.92. The van der Waals surface area contributed by atoms with Gasteiger partial charge in [-0.3, -0.25) is 9.59 Å². The summed E-state index contributed by atoms with van der Waals surface area (Å²) < 4.78 is 40.0. The summed E-state index contributed by atoms with van der Waals surface area (Å²) in [5.41, 5.74) is -2.10. The van der Waals surface area contributed by atoms with Crippen LogP contribution in [-0.2, 0) is 17.5 Å². The number of alkyl halides is 4. The molecule has 3 aromatic rings. The van der Waals surface area contributed by atoms with Crippen molar-refractivity contribution in [3.63, 3.8) is 0 Å². The van der Waals surface area contributed by atoms with E-state index in [4.69, 9.17) is 23.2 Å². The number of aromatic nitrogens is 3. The first-order chi connectivity index (χ1) is 17.5. The fourth-order valence-electron chi connectivity index (χ4n) is 3.17. The Balaban J connectivity index is 1.62. The molecule has 1 unspecified atom stereocenters. The van der Waals surface area contributed by atoms with Crippen molar-refractivity contribution >= 4 is 51.4 Å². The number of aliphatic hydroxyl groups is 1. The Morgan fingerprint density at radius 1 is 1.16 bits per heavy atom. The van der Waals surface area contributed by atoms with Gasteiger partial charge in [0.2, 0.25) is 0 Å². The average Bonchev–Trinajstić information content (AvgIpc) is 3.29. The number of nitrogens with zero attached hydrogens (tertiary/aromatic N) is 3. The average molecular weight is 571 g/mol. The molecule has 37 heavy (non-hydrogen) atoms. The molecule has 3 heterocycles. The van der Waals surface area contributed by atoms with E-state index < -0.39 is 35.6 Å². The number of anilines is 1. The largest absolute Gasteiger partial charge is 0.507 e. The maximum Gasteiger partial charge on any atom is 0.416 e. The predicted octanol–water partition coefficient (Wildman–Crippen LogP) is 4.55. The number of thiazole rings is 1. The molecule has 1 aliphatic heterocycles. The highest BCUT2D eigenvalue weighted by molar-refractivity contribution is 7.19. The van der Waals surface area contributed by atoms with E-state index in [2.05, 4.69) is 30.9 Å². The normalized spacial score (nSPS) is 15.6. The van der Waals surface area contributed by atoms with Gasteiger partial charge >= 0.3 is 6.18 Å². The number of nitrogens with one attached hydrogen (secondary N) is 3. The quantitative estimate of drug-likeness (QED) is 0.253. The topological polar surface area (TPSA) is 129 Å². The highest BCUT2D eigenvalue weighted by atomic mass is 35.5. The summed E-state index contributed by atoms with van der Waals surface area (Å²) in [7, 11) is 0. The van der Waals surface area contributed by atoms with Crippen molar-refractivity contribution in [1.82, 2.24) is 25.6 Å². The van der Waals surface area contributed by atoms with Crippen molar-refractivity contribution in [3.05, 3.63) is 82.4 Å². The van der Waals surface area contributed by atoms with Gasteiger partial charge in [-0.2, -0.15) is 13.2 Å². The van der Waals surface area contributed by atoms with Crippen LogP contribution in [0, 0.1) is 0 Å². The van der Waals surface area contributed by atoms with Gasteiger partial charge in [-0.05, 0) is 17.7 Å². The molecular weight excluding hydrogens is 556 g/mol.